The first kappa shape index (κ1) is 18.7. The van der Waals surface area contributed by atoms with Crippen LogP contribution in [0.3, 0.4) is 0 Å². The first-order chi connectivity index (χ1) is 12.2. The topological polar surface area (TPSA) is 52.6 Å². The number of carbonyl (C=O) groups is 2. The summed E-state index contributed by atoms with van der Waals surface area (Å²) in [6, 6.07) is 7.67. The molecule has 132 valence electrons. The van der Waals surface area contributed by atoms with Crippen molar-refractivity contribution in [3.63, 3.8) is 0 Å². The second-order valence-corrected chi connectivity index (χ2v) is 5.91. The Morgan fingerprint density at radius 2 is 1.92 bits per heavy atom. The molecular formula is C21H24O4. The van der Waals surface area contributed by atoms with Gasteiger partial charge in [-0.05, 0) is 54.2 Å². The van der Waals surface area contributed by atoms with Crippen molar-refractivity contribution in [1.82, 2.24) is 0 Å². The van der Waals surface area contributed by atoms with E-state index in [1.165, 1.54) is 0 Å². The molecule has 4 heteroatoms. The zero-order chi connectivity index (χ0) is 18.1. The molecule has 0 bridgehead atoms. The van der Waals surface area contributed by atoms with Crippen LogP contribution in [0.25, 0.3) is 0 Å². The van der Waals surface area contributed by atoms with Gasteiger partial charge in [0.2, 0.25) is 0 Å². The normalized spacial score (nSPS) is 14.8. The summed E-state index contributed by atoms with van der Waals surface area (Å²) in [6.45, 7) is 0. The third-order valence-corrected chi connectivity index (χ3v) is 4.35. The number of aldehydes is 1. The Morgan fingerprint density at radius 3 is 2.56 bits per heavy atom. The van der Waals surface area contributed by atoms with Gasteiger partial charge in [0.05, 0.1) is 14.2 Å². The van der Waals surface area contributed by atoms with Gasteiger partial charge in [0.25, 0.3) is 0 Å². The van der Waals surface area contributed by atoms with E-state index in [2.05, 4.69) is 0 Å². The van der Waals surface area contributed by atoms with Crippen molar-refractivity contribution in [2.45, 2.75) is 31.6 Å². The van der Waals surface area contributed by atoms with Crippen LogP contribution in [0.15, 0.2) is 59.9 Å². The van der Waals surface area contributed by atoms with E-state index in [0.717, 1.165) is 28.9 Å². The van der Waals surface area contributed by atoms with E-state index >= 15 is 0 Å². The quantitative estimate of drug-likeness (QED) is 0.634. The third kappa shape index (κ3) is 5.45. The SMILES string of the molecule is COC1=CC=C(C(=O)CCC(CC=O)c2ccc(OC)cc2)CC=C1. The molecule has 1 aliphatic carbocycles. The minimum Gasteiger partial charge on any atom is -0.497 e. The lowest BCUT2D eigenvalue weighted by Crippen LogP contribution is -2.07. The van der Waals surface area contributed by atoms with Gasteiger partial charge in [0.15, 0.2) is 5.78 Å². The third-order valence-electron chi connectivity index (χ3n) is 4.35. The zero-order valence-electron chi connectivity index (χ0n) is 14.7. The Hall–Kier alpha value is -2.62. The van der Waals surface area contributed by atoms with Gasteiger partial charge in [-0.2, -0.15) is 0 Å². The van der Waals surface area contributed by atoms with E-state index in [-0.39, 0.29) is 11.7 Å². The van der Waals surface area contributed by atoms with Crippen LogP contribution in [-0.4, -0.2) is 26.3 Å². The van der Waals surface area contributed by atoms with Crippen molar-refractivity contribution in [1.29, 1.82) is 0 Å². The smallest absolute Gasteiger partial charge is 0.159 e. The number of allylic oxidation sites excluding steroid dienone is 5. The summed E-state index contributed by atoms with van der Waals surface area (Å²) in [5.74, 6) is 1.67. The molecule has 4 nitrogen and oxygen atoms in total. The van der Waals surface area contributed by atoms with Crippen LogP contribution in [0.2, 0.25) is 0 Å². The molecule has 0 fully saturated rings. The summed E-state index contributed by atoms with van der Waals surface area (Å²) in [7, 11) is 3.23. The number of hydrogen-bond donors (Lipinski definition) is 0. The summed E-state index contributed by atoms with van der Waals surface area (Å²) in [5.41, 5.74) is 1.82. The first-order valence-electron chi connectivity index (χ1n) is 8.40. The van der Waals surface area contributed by atoms with Gasteiger partial charge in [-0.1, -0.05) is 24.3 Å². The summed E-state index contributed by atoms with van der Waals surface area (Å²) >= 11 is 0. The fraction of sp³-hybridized carbons (Fsp3) is 0.333. The summed E-state index contributed by atoms with van der Waals surface area (Å²) in [4.78, 5) is 23.5. The van der Waals surface area contributed by atoms with E-state index in [9.17, 15) is 9.59 Å². The second kappa shape index (κ2) is 9.62. The summed E-state index contributed by atoms with van der Waals surface area (Å²) in [6.07, 6.45) is 10.4. The maximum Gasteiger partial charge on any atom is 0.159 e. The molecule has 0 saturated heterocycles. The molecule has 0 aromatic heterocycles. The predicted octanol–water partition coefficient (Wildman–Crippen LogP) is 4.13. The minimum atomic E-state index is 0.0411. The standard InChI is InChI=1S/C21H24O4/c1-24-19-5-3-4-18(8-12-19)21(23)13-9-17(14-15-22)16-6-10-20(25-2)11-7-16/h3,5-8,10-12,15,17H,4,9,13-14H2,1-2H3. The highest BCUT2D eigenvalue weighted by atomic mass is 16.5. The van der Waals surface area contributed by atoms with Crippen molar-refractivity contribution < 1.29 is 19.1 Å². The second-order valence-electron chi connectivity index (χ2n) is 5.91. The average Bonchev–Trinajstić information content (AvgIpc) is 2.90. The lowest BCUT2D eigenvalue weighted by Gasteiger charge is -2.15. The number of rotatable bonds is 9. The molecule has 0 saturated carbocycles. The van der Waals surface area contributed by atoms with Gasteiger partial charge in [-0.25, -0.2) is 0 Å². The number of benzene rings is 1. The molecule has 0 amide bonds. The van der Waals surface area contributed by atoms with Gasteiger partial charge in [0, 0.05) is 12.8 Å². The van der Waals surface area contributed by atoms with E-state index in [1.54, 1.807) is 14.2 Å². The first-order valence-corrected chi connectivity index (χ1v) is 8.40. The van der Waals surface area contributed by atoms with Gasteiger partial charge in [0.1, 0.15) is 17.8 Å². The van der Waals surface area contributed by atoms with Crippen LogP contribution in [-0.2, 0) is 14.3 Å². The lowest BCUT2D eigenvalue weighted by atomic mass is 9.89. The molecule has 0 N–H and O–H groups in total. The number of methoxy groups -OCH3 is 2. The zero-order valence-corrected chi connectivity index (χ0v) is 14.7. The summed E-state index contributed by atoms with van der Waals surface area (Å²) < 4.78 is 10.3. The largest absolute Gasteiger partial charge is 0.497 e. The molecule has 1 aromatic carbocycles. The molecule has 1 aromatic rings. The van der Waals surface area contributed by atoms with E-state index < -0.39 is 0 Å². The van der Waals surface area contributed by atoms with Crippen molar-refractivity contribution in [3.8, 4) is 5.75 Å². The van der Waals surface area contributed by atoms with Crippen LogP contribution in [0.5, 0.6) is 5.75 Å². The number of ether oxygens (including phenoxy) is 2. The molecule has 1 atom stereocenters. The van der Waals surface area contributed by atoms with Crippen molar-refractivity contribution in [3.05, 3.63) is 65.5 Å². The van der Waals surface area contributed by atoms with Gasteiger partial charge < -0.3 is 14.3 Å². The molecule has 0 heterocycles. The fourth-order valence-corrected chi connectivity index (χ4v) is 2.83. The Morgan fingerprint density at radius 1 is 1.16 bits per heavy atom. The molecule has 0 aliphatic heterocycles. The molecule has 0 spiro atoms. The average molecular weight is 340 g/mol. The van der Waals surface area contributed by atoms with Crippen LogP contribution < -0.4 is 4.74 Å². The number of carbonyl (C=O) groups excluding carboxylic acids is 2. The Kier molecular flexibility index (Phi) is 7.20. The van der Waals surface area contributed by atoms with E-state index in [4.69, 9.17) is 9.47 Å². The Labute approximate surface area is 148 Å². The number of hydrogen-bond acceptors (Lipinski definition) is 4. The van der Waals surface area contributed by atoms with Crippen LogP contribution in [0.1, 0.15) is 37.2 Å². The van der Waals surface area contributed by atoms with Crippen LogP contribution in [0, 0.1) is 0 Å². The monoisotopic (exact) mass is 340 g/mol. The molecule has 2 rings (SSSR count). The predicted molar refractivity (Wildman–Crippen MR) is 97.6 cm³/mol. The van der Waals surface area contributed by atoms with Crippen LogP contribution >= 0.6 is 0 Å². The number of Topliss-reactive ketones (excluding diaryl/α,β-unsaturated/α-hetero) is 1. The van der Waals surface area contributed by atoms with E-state index in [1.807, 2.05) is 48.6 Å². The molecule has 25 heavy (non-hydrogen) atoms. The fourth-order valence-electron chi connectivity index (χ4n) is 2.83. The van der Waals surface area contributed by atoms with Crippen LogP contribution in [0.4, 0.5) is 0 Å². The van der Waals surface area contributed by atoms with E-state index in [0.29, 0.717) is 25.7 Å². The molecular weight excluding hydrogens is 316 g/mol. The van der Waals surface area contributed by atoms with Crippen molar-refractivity contribution in [2.75, 3.05) is 14.2 Å². The Bertz CT molecular complexity index is 680. The molecule has 1 aliphatic rings. The maximum atomic E-state index is 12.5. The van der Waals surface area contributed by atoms with Gasteiger partial charge >= 0.3 is 0 Å². The molecule has 0 radical (unpaired) electrons. The lowest BCUT2D eigenvalue weighted by molar-refractivity contribution is -0.116. The van der Waals surface area contributed by atoms with Crippen molar-refractivity contribution in [2.24, 2.45) is 0 Å². The highest BCUT2D eigenvalue weighted by Crippen LogP contribution is 2.27. The van der Waals surface area contributed by atoms with Crippen molar-refractivity contribution >= 4 is 12.1 Å². The minimum absolute atomic E-state index is 0.0411. The number of ketones is 1. The highest BCUT2D eigenvalue weighted by molar-refractivity contribution is 5.96. The molecule has 1 unspecified atom stereocenters. The Balaban J connectivity index is 2.01. The highest BCUT2D eigenvalue weighted by Gasteiger charge is 2.16. The maximum absolute atomic E-state index is 12.5. The van der Waals surface area contributed by atoms with Gasteiger partial charge in [-0.3, -0.25) is 4.79 Å². The van der Waals surface area contributed by atoms with Gasteiger partial charge in [-0.15, -0.1) is 0 Å². The summed E-state index contributed by atoms with van der Waals surface area (Å²) in [5, 5.41) is 0.